The maximum atomic E-state index is 5.87. The smallest absolute Gasteiger partial charge is 0.242 e. The van der Waals surface area contributed by atoms with Crippen LogP contribution in [-0.4, -0.2) is 32.9 Å². The highest BCUT2D eigenvalue weighted by atomic mass is 35.5. The number of aromatic nitrogens is 2. The van der Waals surface area contributed by atoms with E-state index in [-0.39, 0.29) is 5.29 Å². The number of nitrogens with zero attached hydrogens (tertiary/aromatic N) is 4. The summed E-state index contributed by atoms with van der Waals surface area (Å²) in [4.78, 5) is 4.19. The zero-order valence-electron chi connectivity index (χ0n) is 9.24. The number of nitrogens with one attached hydrogen (secondary N) is 2. The van der Waals surface area contributed by atoms with Crippen molar-refractivity contribution in [3.8, 4) is 0 Å². The summed E-state index contributed by atoms with van der Waals surface area (Å²) in [5, 5.41) is 16.3. The van der Waals surface area contributed by atoms with Gasteiger partial charge >= 0.3 is 0 Å². The predicted molar refractivity (Wildman–Crippen MR) is 67.1 cm³/mol. The zero-order chi connectivity index (χ0) is 11.8. The topological polar surface area (TPSA) is 68.7 Å². The summed E-state index contributed by atoms with van der Waals surface area (Å²) >= 11 is 5.87. The van der Waals surface area contributed by atoms with Crippen molar-refractivity contribution >= 4 is 28.5 Å². The Labute approximate surface area is 103 Å². The van der Waals surface area contributed by atoms with Gasteiger partial charge in [-0.3, -0.25) is 10.1 Å². The van der Waals surface area contributed by atoms with Crippen LogP contribution in [0.25, 0.3) is 0 Å². The summed E-state index contributed by atoms with van der Waals surface area (Å²) in [5.74, 6) is 1.41. The van der Waals surface area contributed by atoms with E-state index in [1.54, 1.807) is 0 Å². The zero-order valence-corrected chi connectivity index (χ0v) is 9.99. The van der Waals surface area contributed by atoms with Crippen LogP contribution in [0.4, 0.5) is 5.82 Å². The third kappa shape index (κ3) is 1.91. The number of aliphatic imine (C=N–C) groups is 1. The highest BCUT2D eigenvalue weighted by Gasteiger charge is 2.24. The minimum atomic E-state index is 0.235. The molecule has 88 valence electrons. The van der Waals surface area contributed by atoms with Crippen LogP contribution in [0.15, 0.2) is 27.9 Å². The Hall–Kier alpha value is -1.82. The van der Waals surface area contributed by atoms with Gasteiger partial charge in [-0.15, -0.1) is 5.10 Å². The summed E-state index contributed by atoms with van der Waals surface area (Å²) in [7, 11) is 0. The molecule has 0 radical (unpaired) electrons. The quantitative estimate of drug-likeness (QED) is 0.745. The first-order valence-corrected chi connectivity index (χ1v) is 5.70. The van der Waals surface area contributed by atoms with Crippen LogP contribution in [0.3, 0.4) is 0 Å². The van der Waals surface area contributed by atoms with Crippen LogP contribution < -0.4 is 5.32 Å². The molecular weight excluding hydrogens is 240 g/mol. The average molecular weight is 251 g/mol. The molecular formula is C10H11ClN6. The molecule has 17 heavy (non-hydrogen) atoms. The van der Waals surface area contributed by atoms with E-state index in [0.717, 1.165) is 30.2 Å². The molecule has 0 aliphatic carbocycles. The third-order valence-corrected chi connectivity index (χ3v) is 2.72. The van der Waals surface area contributed by atoms with E-state index in [1.165, 1.54) is 0 Å². The Balaban J connectivity index is 1.89. The van der Waals surface area contributed by atoms with E-state index in [0.29, 0.717) is 5.84 Å². The number of amidine groups is 2. The van der Waals surface area contributed by atoms with Crippen LogP contribution in [0.5, 0.6) is 0 Å². The van der Waals surface area contributed by atoms with Crippen molar-refractivity contribution < 1.29 is 0 Å². The van der Waals surface area contributed by atoms with Crippen molar-refractivity contribution in [2.45, 2.75) is 13.3 Å². The molecule has 3 heterocycles. The number of rotatable bonds is 1. The van der Waals surface area contributed by atoms with Gasteiger partial charge in [-0.1, -0.05) is 6.08 Å². The van der Waals surface area contributed by atoms with E-state index >= 15 is 0 Å². The fraction of sp³-hybridized carbons (Fsp3) is 0.300. The van der Waals surface area contributed by atoms with Crippen molar-refractivity contribution in [1.29, 1.82) is 0 Å². The predicted octanol–water partition coefficient (Wildman–Crippen LogP) is 1.64. The largest absolute Gasteiger partial charge is 0.322 e. The Kier molecular flexibility index (Phi) is 2.36. The summed E-state index contributed by atoms with van der Waals surface area (Å²) in [6.45, 7) is 2.78. The monoisotopic (exact) mass is 250 g/mol. The van der Waals surface area contributed by atoms with Crippen LogP contribution in [0, 0.1) is 6.92 Å². The number of fused-ring (bicyclic) bond motifs is 1. The first-order chi connectivity index (χ1) is 8.22. The maximum absolute atomic E-state index is 5.87. The number of aryl methyl sites for hydroxylation is 1. The van der Waals surface area contributed by atoms with E-state index in [9.17, 15) is 0 Å². The summed E-state index contributed by atoms with van der Waals surface area (Å²) in [5.41, 5.74) is 1.94. The first-order valence-electron chi connectivity index (χ1n) is 5.32. The van der Waals surface area contributed by atoms with Gasteiger partial charge in [0, 0.05) is 18.3 Å². The van der Waals surface area contributed by atoms with Crippen molar-refractivity contribution in [3.63, 3.8) is 0 Å². The van der Waals surface area contributed by atoms with Gasteiger partial charge in [0.1, 0.15) is 0 Å². The van der Waals surface area contributed by atoms with Crippen molar-refractivity contribution in [1.82, 2.24) is 15.2 Å². The molecule has 0 bridgehead atoms. The molecule has 6 nitrogen and oxygen atoms in total. The SMILES string of the molecule is Cc1cc(NC2=NC(Cl)=NN3CCC=C23)n[nH]1. The van der Waals surface area contributed by atoms with Crippen LogP contribution in [0.1, 0.15) is 12.1 Å². The molecule has 1 aromatic rings. The van der Waals surface area contributed by atoms with Gasteiger partial charge in [-0.05, 0) is 24.9 Å². The summed E-state index contributed by atoms with van der Waals surface area (Å²) in [6, 6.07) is 1.90. The molecule has 0 spiro atoms. The minimum Gasteiger partial charge on any atom is -0.322 e. The van der Waals surface area contributed by atoms with Gasteiger partial charge in [-0.25, -0.2) is 0 Å². The van der Waals surface area contributed by atoms with Crippen LogP contribution >= 0.6 is 11.6 Å². The number of hydrogen-bond acceptors (Lipinski definition) is 5. The Morgan fingerprint density at radius 3 is 3.18 bits per heavy atom. The number of aromatic amines is 1. The standard InChI is InChI=1S/C10H11ClN6/c1-6-5-8(15-14-6)12-9-7-3-2-4-17(7)16-10(11)13-9/h3,5H,2,4H2,1H3,(H2,12,13,14,15,16). The normalized spacial score (nSPS) is 18.5. The number of hydrogen-bond donors (Lipinski definition) is 2. The van der Waals surface area contributed by atoms with Crippen LogP contribution in [0.2, 0.25) is 0 Å². The number of halogens is 1. The lowest BCUT2D eigenvalue weighted by atomic mass is 10.3. The lowest BCUT2D eigenvalue weighted by Gasteiger charge is -2.21. The van der Waals surface area contributed by atoms with E-state index in [1.807, 2.05) is 18.0 Å². The summed E-state index contributed by atoms with van der Waals surface area (Å²) < 4.78 is 0. The lowest BCUT2D eigenvalue weighted by molar-refractivity contribution is 0.414. The van der Waals surface area contributed by atoms with Crippen molar-refractivity contribution in [2.24, 2.45) is 10.1 Å². The minimum absolute atomic E-state index is 0.235. The van der Waals surface area contributed by atoms with Gasteiger partial charge in [0.25, 0.3) is 0 Å². The molecule has 0 aromatic carbocycles. The Bertz CT molecular complexity index is 541. The Morgan fingerprint density at radius 2 is 2.41 bits per heavy atom. The average Bonchev–Trinajstić information content (AvgIpc) is 2.87. The van der Waals surface area contributed by atoms with E-state index in [2.05, 4.69) is 31.7 Å². The number of H-pyrrole nitrogens is 1. The van der Waals surface area contributed by atoms with Gasteiger partial charge in [0.05, 0.1) is 5.70 Å². The lowest BCUT2D eigenvalue weighted by Crippen LogP contribution is -2.29. The molecule has 2 N–H and O–H groups in total. The van der Waals surface area contributed by atoms with Gasteiger partial charge < -0.3 is 5.32 Å². The van der Waals surface area contributed by atoms with E-state index < -0.39 is 0 Å². The highest BCUT2D eigenvalue weighted by Crippen LogP contribution is 2.22. The fourth-order valence-electron chi connectivity index (χ4n) is 1.84. The molecule has 7 heteroatoms. The maximum Gasteiger partial charge on any atom is 0.242 e. The molecule has 2 aliphatic heterocycles. The molecule has 0 saturated heterocycles. The number of anilines is 1. The molecule has 0 saturated carbocycles. The highest BCUT2D eigenvalue weighted by molar-refractivity contribution is 6.66. The fourth-order valence-corrected chi connectivity index (χ4v) is 2.01. The molecule has 0 amide bonds. The number of hydrazone groups is 1. The van der Waals surface area contributed by atoms with Gasteiger partial charge in [-0.2, -0.15) is 10.1 Å². The Morgan fingerprint density at radius 1 is 1.53 bits per heavy atom. The van der Waals surface area contributed by atoms with Crippen LogP contribution in [-0.2, 0) is 0 Å². The third-order valence-electron chi connectivity index (χ3n) is 2.56. The second-order valence-electron chi connectivity index (χ2n) is 3.89. The second-order valence-corrected chi connectivity index (χ2v) is 4.23. The molecule has 2 aliphatic rings. The van der Waals surface area contributed by atoms with Gasteiger partial charge in [0.2, 0.25) is 5.29 Å². The van der Waals surface area contributed by atoms with E-state index in [4.69, 9.17) is 11.6 Å². The molecule has 0 atom stereocenters. The first kappa shape index (κ1) is 10.3. The van der Waals surface area contributed by atoms with Gasteiger partial charge in [0.15, 0.2) is 11.7 Å². The van der Waals surface area contributed by atoms with Crippen molar-refractivity contribution in [2.75, 3.05) is 11.9 Å². The van der Waals surface area contributed by atoms with Crippen molar-refractivity contribution in [3.05, 3.63) is 23.5 Å². The summed E-state index contributed by atoms with van der Waals surface area (Å²) in [6.07, 6.45) is 3.03. The molecule has 0 unspecified atom stereocenters. The molecule has 1 aromatic heterocycles. The second kappa shape index (κ2) is 3.89. The molecule has 3 rings (SSSR count). The molecule has 0 fully saturated rings.